The first kappa shape index (κ1) is 22.9. The summed E-state index contributed by atoms with van der Waals surface area (Å²) in [6.45, 7) is 5.73. The van der Waals surface area contributed by atoms with Crippen molar-refractivity contribution in [3.63, 3.8) is 0 Å². The molecule has 0 heterocycles. The molecule has 0 radical (unpaired) electrons. The second kappa shape index (κ2) is 11.6. The minimum atomic E-state index is -0.322. The molecule has 0 atom stereocenters. The van der Waals surface area contributed by atoms with Crippen molar-refractivity contribution in [3.8, 4) is 11.5 Å². The van der Waals surface area contributed by atoms with Crippen LogP contribution in [0.4, 0.5) is 5.69 Å². The van der Waals surface area contributed by atoms with Crippen molar-refractivity contribution in [2.45, 2.75) is 33.6 Å². The number of carbonyl (C=O) groups excluding carboxylic acids is 3. The molecule has 0 saturated carbocycles. The van der Waals surface area contributed by atoms with Gasteiger partial charge in [-0.1, -0.05) is 19.1 Å². The van der Waals surface area contributed by atoms with Crippen molar-refractivity contribution < 1.29 is 23.9 Å². The van der Waals surface area contributed by atoms with E-state index in [0.29, 0.717) is 36.6 Å². The van der Waals surface area contributed by atoms with Gasteiger partial charge in [-0.3, -0.25) is 14.4 Å². The zero-order valence-electron chi connectivity index (χ0n) is 17.6. The van der Waals surface area contributed by atoms with Crippen molar-refractivity contribution in [1.82, 2.24) is 5.32 Å². The number of amides is 2. The van der Waals surface area contributed by atoms with E-state index in [1.54, 1.807) is 18.2 Å². The van der Waals surface area contributed by atoms with E-state index in [9.17, 15) is 14.4 Å². The van der Waals surface area contributed by atoms with Gasteiger partial charge >= 0.3 is 0 Å². The molecule has 0 spiro atoms. The quantitative estimate of drug-likeness (QED) is 0.435. The van der Waals surface area contributed by atoms with Crippen molar-refractivity contribution in [2.75, 3.05) is 25.1 Å². The zero-order chi connectivity index (χ0) is 21.9. The Bertz CT molecular complexity index is 895. The molecule has 2 aromatic carbocycles. The van der Waals surface area contributed by atoms with E-state index >= 15 is 0 Å². The normalized spacial score (nSPS) is 10.2. The van der Waals surface area contributed by atoms with Gasteiger partial charge in [0.25, 0.3) is 5.91 Å². The average molecular weight is 412 g/mol. The van der Waals surface area contributed by atoms with Gasteiger partial charge in [-0.15, -0.1) is 0 Å². The Balaban J connectivity index is 1.82. The maximum atomic E-state index is 12.0. The summed E-state index contributed by atoms with van der Waals surface area (Å²) >= 11 is 0. The first-order chi connectivity index (χ1) is 14.4. The van der Waals surface area contributed by atoms with Gasteiger partial charge in [-0.2, -0.15) is 0 Å². The minimum absolute atomic E-state index is 0.118. The van der Waals surface area contributed by atoms with Crippen LogP contribution in [0.15, 0.2) is 42.5 Å². The molecule has 160 valence electrons. The molecule has 30 heavy (non-hydrogen) atoms. The predicted molar refractivity (Wildman–Crippen MR) is 115 cm³/mol. The van der Waals surface area contributed by atoms with E-state index in [4.69, 9.17) is 9.47 Å². The van der Waals surface area contributed by atoms with E-state index in [-0.39, 0.29) is 24.2 Å². The van der Waals surface area contributed by atoms with Crippen LogP contribution in [0.3, 0.4) is 0 Å². The lowest BCUT2D eigenvalue weighted by molar-refractivity contribution is -0.123. The Labute approximate surface area is 176 Å². The standard InChI is InChI=1S/C23H28N2O5/c1-4-6-22(27)25-18-9-10-21(20(14-18)17(3)26)30-15-23(28)24-11-12-29-19-8-5-7-16(2)13-19/h5,7-10,13-14H,4,6,11-12,15H2,1-3H3,(H,24,28)(H,25,27). The third kappa shape index (κ3) is 7.58. The Hall–Kier alpha value is -3.35. The third-order valence-corrected chi connectivity index (χ3v) is 4.16. The van der Waals surface area contributed by atoms with E-state index in [1.807, 2.05) is 38.1 Å². The Kier molecular flexibility index (Phi) is 8.87. The number of ether oxygens (including phenoxy) is 2. The maximum absolute atomic E-state index is 12.0. The number of Topliss-reactive ketones (excluding diaryl/α,β-unsaturated/α-hetero) is 1. The fraction of sp³-hybridized carbons (Fsp3) is 0.348. The summed E-state index contributed by atoms with van der Waals surface area (Å²) in [6, 6.07) is 12.4. The minimum Gasteiger partial charge on any atom is -0.492 e. The molecule has 2 rings (SSSR count). The monoisotopic (exact) mass is 412 g/mol. The van der Waals surface area contributed by atoms with Crippen LogP contribution < -0.4 is 20.1 Å². The molecule has 0 fully saturated rings. The summed E-state index contributed by atoms with van der Waals surface area (Å²) in [5.41, 5.74) is 1.92. The summed E-state index contributed by atoms with van der Waals surface area (Å²) in [4.78, 5) is 35.7. The number of benzene rings is 2. The Morgan fingerprint density at radius 3 is 2.50 bits per heavy atom. The van der Waals surface area contributed by atoms with Crippen LogP contribution >= 0.6 is 0 Å². The van der Waals surface area contributed by atoms with E-state index in [1.165, 1.54) is 6.92 Å². The van der Waals surface area contributed by atoms with Crippen molar-refractivity contribution in [2.24, 2.45) is 0 Å². The molecule has 0 aromatic heterocycles. The van der Waals surface area contributed by atoms with Crippen LogP contribution in [0.25, 0.3) is 0 Å². The van der Waals surface area contributed by atoms with Crippen LogP contribution in [-0.4, -0.2) is 37.4 Å². The molecule has 0 unspecified atom stereocenters. The Morgan fingerprint density at radius 1 is 1.00 bits per heavy atom. The van der Waals surface area contributed by atoms with E-state index < -0.39 is 0 Å². The number of nitrogens with one attached hydrogen (secondary N) is 2. The van der Waals surface area contributed by atoms with Crippen molar-refractivity contribution in [1.29, 1.82) is 0 Å². The van der Waals surface area contributed by atoms with Crippen LogP contribution in [0.2, 0.25) is 0 Å². The van der Waals surface area contributed by atoms with Crippen LogP contribution in [-0.2, 0) is 9.59 Å². The number of carbonyl (C=O) groups is 3. The van der Waals surface area contributed by atoms with Gasteiger partial charge in [0.15, 0.2) is 12.4 Å². The van der Waals surface area contributed by atoms with Crippen LogP contribution in [0.5, 0.6) is 11.5 Å². The summed E-state index contributed by atoms with van der Waals surface area (Å²) in [5.74, 6) is 0.383. The lowest BCUT2D eigenvalue weighted by Crippen LogP contribution is -2.32. The fourth-order valence-electron chi connectivity index (χ4n) is 2.72. The molecule has 7 nitrogen and oxygen atoms in total. The number of anilines is 1. The van der Waals surface area contributed by atoms with Gasteiger partial charge in [-0.05, 0) is 56.2 Å². The third-order valence-electron chi connectivity index (χ3n) is 4.16. The summed E-state index contributed by atoms with van der Waals surface area (Å²) in [5, 5.41) is 5.45. The fourth-order valence-corrected chi connectivity index (χ4v) is 2.72. The summed E-state index contributed by atoms with van der Waals surface area (Å²) in [7, 11) is 0. The SMILES string of the molecule is CCCC(=O)Nc1ccc(OCC(=O)NCCOc2cccc(C)c2)c(C(C)=O)c1. The lowest BCUT2D eigenvalue weighted by Gasteiger charge is -2.13. The molecule has 0 aliphatic carbocycles. The zero-order valence-corrected chi connectivity index (χ0v) is 17.6. The van der Waals surface area contributed by atoms with Gasteiger partial charge in [0.05, 0.1) is 12.1 Å². The van der Waals surface area contributed by atoms with Crippen molar-refractivity contribution >= 4 is 23.3 Å². The predicted octanol–water partition coefficient (Wildman–Crippen LogP) is 3.51. The highest BCUT2D eigenvalue weighted by Crippen LogP contribution is 2.23. The molecule has 2 amide bonds. The molecule has 0 aliphatic heterocycles. The Morgan fingerprint density at radius 2 is 1.80 bits per heavy atom. The van der Waals surface area contributed by atoms with Crippen LogP contribution in [0, 0.1) is 6.92 Å². The van der Waals surface area contributed by atoms with Crippen LogP contribution in [0.1, 0.15) is 42.6 Å². The van der Waals surface area contributed by atoms with Gasteiger partial charge in [0.1, 0.15) is 18.1 Å². The largest absolute Gasteiger partial charge is 0.492 e. The number of aryl methyl sites for hydroxylation is 1. The van der Waals surface area contributed by atoms with Gasteiger partial charge in [0, 0.05) is 12.1 Å². The van der Waals surface area contributed by atoms with Gasteiger partial charge < -0.3 is 20.1 Å². The van der Waals surface area contributed by atoms with Gasteiger partial charge in [-0.25, -0.2) is 0 Å². The highest BCUT2D eigenvalue weighted by Gasteiger charge is 2.13. The smallest absolute Gasteiger partial charge is 0.258 e. The molecule has 2 aromatic rings. The first-order valence-electron chi connectivity index (χ1n) is 9.93. The number of hydrogen-bond donors (Lipinski definition) is 2. The number of hydrogen-bond acceptors (Lipinski definition) is 5. The van der Waals surface area contributed by atoms with Gasteiger partial charge in [0.2, 0.25) is 5.91 Å². The molecule has 7 heteroatoms. The topological polar surface area (TPSA) is 93.7 Å². The highest BCUT2D eigenvalue weighted by molar-refractivity contribution is 5.99. The highest BCUT2D eigenvalue weighted by atomic mass is 16.5. The number of rotatable bonds is 11. The first-order valence-corrected chi connectivity index (χ1v) is 9.93. The molecular weight excluding hydrogens is 384 g/mol. The molecular formula is C23H28N2O5. The summed E-state index contributed by atoms with van der Waals surface area (Å²) < 4.78 is 11.1. The van der Waals surface area contributed by atoms with E-state index in [0.717, 1.165) is 17.7 Å². The molecule has 0 saturated heterocycles. The summed E-state index contributed by atoms with van der Waals surface area (Å²) in [6.07, 6.45) is 1.14. The molecule has 0 bridgehead atoms. The second-order valence-electron chi connectivity index (χ2n) is 6.87. The van der Waals surface area contributed by atoms with Crippen molar-refractivity contribution in [3.05, 3.63) is 53.6 Å². The second-order valence-corrected chi connectivity index (χ2v) is 6.87. The molecule has 2 N–H and O–H groups in total. The lowest BCUT2D eigenvalue weighted by atomic mass is 10.1. The maximum Gasteiger partial charge on any atom is 0.258 e. The average Bonchev–Trinajstić information content (AvgIpc) is 2.70. The number of ketones is 1. The molecule has 0 aliphatic rings. The van der Waals surface area contributed by atoms with E-state index in [2.05, 4.69) is 10.6 Å².